The van der Waals surface area contributed by atoms with Crippen molar-refractivity contribution in [3.05, 3.63) is 0 Å². The summed E-state index contributed by atoms with van der Waals surface area (Å²) in [7, 11) is 1.65. The summed E-state index contributed by atoms with van der Waals surface area (Å²) in [5.41, 5.74) is 0.478. The fraction of sp³-hybridized carbons (Fsp3) is 0.929. The fourth-order valence-electron chi connectivity index (χ4n) is 3.01. The number of rotatable bonds is 6. The summed E-state index contributed by atoms with van der Waals surface area (Å²) in [6.07, 6.45) is 4.07. The molecule has 2 heterocycles. The standard InChI is InChI=1S/C14H26N2O3/c1-18-10-11-19-9-2-13(17)16-7-4-14(5-8-16)3-6-15-12-14/h15H,2-12H2,1H3. The SMILES string of the molecule is COCCOCCC(=O)N1CCC2(CCNC2)CC1. The van der Waals surface area contributed by atoms with Crippen molar-refractivity contribution in [2.75, 3.05) is 53.1 Å². The van der Waals surface area contributed by atoms with Crippen LogP contribution in [0.1, 0.15) is 25.7 Å². The zero-order valence-corrected chi connectivity index (χ0v) is 12.0. The normalized spacial score (nSPS) is 22.1. The first-order chi connectivity index (χ1) is 9.26. The molecule has 0 aromatic heterocycles. The Morgan fingerprint density at radius 1 is 1.21 bits per heavy atom. The summed E-state index contributed by atoms with van der Waals surface area (Å²) in [6.45, 7) is 5.77. The predicted octanol–water partition coefficient (Wildman–Crippen LogP) is 0.642. The van der Waals surface area contributed by atoms with Crippen molar-refractivity contribution in [2.24, 2.45) is 5.41 Å². The molecule has 2 aliphatic heterocycles. The molecular formula is C14H26N2O3. The lowest BCUT2D eigenvalue weighted by Crippen LogP contribution is -2.44. The molecule has 1 amide bonds. The van der Waals surface area contributed by atoms with E-state index in [1.165, 1.54) is 6.42 Å². The largest absolute Gasteiger partial charge is 0.382 e. The van der Waals surface area contributed by atoms with Gasteiger partial charge >= 0.3 is 0 Å². The average molecular weight is 270 g/mol. The minimum Gasteiger partial charge on any atom is -0.382 e. The Morgan fingerprint density at radius 2 is 2.00 bits per heavy atom. The molecule has 1 N–H and O–H groups in total. The van der Waals surface area contributed by atoms with Crippen LogP contribution in [0.2, 0.25) is 0 Å². The van der Waals surface area contributed by atoms with Gasteiger partial charge < -0.3 is 19.7 Å². The van der Waals surface area contributed by atoms with Gasteiger partial charge in [-0.15, -0.1) is 0 Å². The van der Waals surface area contributed by atoms with Gasteiger partial charge in [0, 0.05) is 26.7 Å². The Bertz CT molecular complexity index is 280. The fourth-order valence-corrected chi connectivity index (χ4v) is 3.01. The Kier molecular flexibility index (Phi) is 5.60. The number of nitrogens with zero attached hydrogens (tertiary/aromatic N) is 1. The molecule has 110 valence electrons. The number of nitrogens with one attached hydrogen (secondary N) is 1. The first-order valence-electron chi connectivity index (χ1n) is 7.31. The molecule has 0 atom stereocenters. The Balaban J connectivity index is 1.62. The van der Waals surface area contributed by atoms with E-state index < -0.39 is 0 Å². The maximum atomic E-state index is 12.0. The highest BCUT2D eigenvalue weighted by atomic mass is 16.5. The number of ether oxygens (including phenoxy) is 2. The van der Waals surface area contributed by atoms with Crippen LogP contribution >= 0.6 is 0 Å². The lowest BCUT2D eigenvalue weighted by molar-refractivity contribution is -0.134. The topological polar surface area (TPSA) is 50.8 Å². The summed E-state index contributed by atoms with van der Waals surface area (Å²) in [6, 6.07) is 0. The van der Waals surface area contributed by atoms with E-state index in [9.17, 15) is 4.79 Å². The molecule has 0 saturated carbocycles. The van der Waals surface area contributed by atoms with Crippen LogP contribution in [0.25, 0.3) is 0 Å². The second-order valence-corrected chi connectivity index (χ2v) is 5.66. The molecule has 2 rings (SSSR count). The number of likely N-dealkylation sites (tertiary alicyclic amines) is 1. The highest BCUT2D eigenvalue weighted by Crippen LogP contribution is 2.36. The van der Waals surface area contributed by atoms with Gasteiger partial charge in [0.1, 0.15) is 0 Å². The van der Waals surface area contributed by atoms with Gasteiger partial charge in [0.15, 0.2) is 0 Å². The van der Waals surface area contributed by atoms with E-state index in [2.05, 4.69) is 5.32 Å². The minimum absolute atomic E-state index is 0.234. The number of hydrogen-bond acceptors (Lipinski definition) is 4. The average Bonchev–Trinajstić information content (AvgIpc) is 2.87. The van der Waals surface area contributed by atoms with Crippen LogP contribution in [0.15, 0.2) is 0 Å². The second-order valence-electron chi connectivity index (χ2n) is 5.66. The van der Waals surface area contributed by atoms with Crippen LogP contribution in [0, 0.1) is 5.41 Å². The number of hydrogen-bond donors (Lipinski definition) is 1. The zero-order chi connectivity index (χ0) is 13.6. The maximum Gasteiger partial charge on any atom is 0.224 e. The van der Waals surface area contributed by atoms with Crippen molar-refractivity contribution in [3.63, 3.8) is 0 Å². The maximum absolute atomic E-state index is 12.0. The first kappa shape index (κ1) is 14.8. The van der Waals surface area contributed by atoms with E-state index in [1.54, 1.807) is 7.11 Å². The third-order valence-electron chi connectivity index (χ3n) is 4.40. The molecule has 0 radical (unpaired) electrons. The second kappa shape index (κ2) is 7.22. The monoisotopic (exact) mass is 270 g/mol. The third kappa shape index (κ3) is 4.16. The molecule has 5 heteroatoms. The van der Waals surface area contributed by atoms with Crippen molar-refractivity contribution in [1.29, 1.82) is 0 Å². The molecule has 0 bridgehead atoms. The molecule has 2 aliphatic rings. The van der Waals surface area contributed by atoms with E-state index in [-0.39, 0.29) is 5.91 Å². The molecule has 19 heavy (non-hydrogen) atoms. The van der Waals surface area contributed by atoms with Gasteiger partial charge in [0.05, 0.1) is 26.2 Å². The lowest BCUT2D eigenvalue weighted by atomic mass is 9.78. The van der Waals surface area contributed by atoms with Crippen LogP contribution in [0.3, 0.4) is 0 Å². The number of carbonyl (C=O) groups is 1. The van der Waals surface area contributed by atoms with Crippen LogP contribution in [-0.4, -0.2) is 63.9 Å². The van der Waals surface area contributed by atoms with E-state index in [1.807, 2.05) is 4.90 Å². The summed E-state index contributed by atoms with van der Waals surface area (Å²) < 4.78 is 10.2. The summed E-state index contributed by atoms with van der Waals surface area (Å²) >= 11 is 0. The van der Waals surface area contributed by atoms with E-state index in [4.69, 9.17) is 9.47 Å². The first-order valence-corrected chi connectivity index (χ1v) is 7.31. The van der Waals surface area contributed by atoms with Gasteiger partial charge in [0.2, 0.25) is 5.91 Å². The van der Waals surface area contributed by atoms with Crippen molar-refractivity contribution in [3.8, 4) is 0 Å². The summed E-state index contributed by atoms with van der Waals surface area (Å²) in [5, 5.41) is 3.45. The minimum atomic E-state index is 0.234. The number of piperidine rings is 1. The molecule has 2 saturated heterocycles. The predicted molar refractivity (Wildman–Crippen MR) is 73.0 cm³/mol. The van der Waals surface area contributed by atoms with Gasteiger partial charge in [0.25, 0.3) is 0 Å². The van der Waals surface area contributed by atoms with Gasteiger partial charge in [-0.1, -0.05) is 0 Å². The highest BCUT2D eigenvalue weighted by molar-refractivity contribution is 5.76. The third-order valence-corrected chi connectivity index (χ3v) is 4.40. The molecule has 2 fully saturated rings. The van der Waals surface area contributed by atoms with Crippen LogP contribution in [-0.2, 0) is 14.3 Å². The van der Waals surface area contributed by atoms with Crippen LogP contribution in [0.5, 0.6) is 0 Å². The number of methoxy groups -OCH3 is 1. The van der Waals surface area contributed by atoms with Gasteiger partial charge in [-0.2, -0.15) is 0 Å². The molecular weight excluding hydrogens is 244 g/mol. The van der Waals surface area contributed by atoms with Gasteiger partial charge in [-0.05, 0) is 31.2 Å². The Morgan fingerprint density at radius 3 is 2.63 bits per heavy atom. The van der Waals surface area contributed by atoms with Crippen molar-refractivity contribution in [2.45, 2.75) is 25.7 Å². The Labute approximate surface area is 115 Å². The van der Waals surface area contributed by atoms with Crippen LogP contribution in [0.4, 0.5) is 0 Å². The summed E-state index contributed by atoms with van der Waals surface area (Å²) in [4.78, 5) is 14.0. The Hall–Kier alpha value is -0.650. The highest BCUT2D eigenvalue weighted by Gasteiger charge is 2.37. The van der Waals surface area contributed by atoms with Gasteiger partial charge in [-0.3, -0.25) is 4.79 Å². The molecule has 0 aromatic rings. The van der Waals surface area contributed by atoms with E-state index in [0.717, 1.165) is 39.0 Å². The molecule has 0 aromatic carbocycles. The number of carbonyl (C=O) groups excluding carboxylic acids is 1. The van der Waals surface area contributed by atoms with Crippen molar-refractivity contribution in [1.82, 2.24) is 10.2 Å². The number of amides is 1. The molecule has 0 aliphatic carbocycles. The molecule has 0 unspecified atom stereocenters. The van der Waals surface area contributed by atoms with Crippen molar-refractivity contribution < 1.29 is 14.3 Å². The molecule has 5 nitrogen and oxygen atoms in total. The molecule has 1 spiro atoms. The lowest BCUT2D eigenvalue weighted by Gasteiger charge is -2.38. The smallest absolute Gasteiger partial charge is 0.224 e. The quantitative estimate of drug-likeness (QED) is 0.720. The zero-order valence-electron chi connectivity index (χ0n) is 12.0. The van der Waals surface area contributed by atoms with Crippen LogP contribution < -0.4 is 5.32 Å². The van der Waals surface area contributed by atoms with Crippen molar-refractivity contribution >= 4 is 5.91 Å². The summed E-state index contributed by atoms with van der Waals surface area (Å²) in [5.74, 6) is 0.234. The van der Waals surface area contributed by atoms with E-state index >= 15 is 0 Å². The van der Waals surface area contributed by atoms with E-state index in [0.29, 0.717) is 31.7 Å². The van der Waals surface area contributed by atoms with Gasteiger partial charge in [-0.25, -0.2) is 0 Å².